The molecule has 1 N–H and O–H groups in total. The number of nitrogens with zero attached hydrogens (tertiary/aromatic N) is 3. The van der Waals surface area contributed by atoms with Crippen molar-refractivity contribution in [3.8, 4) is 17.3 Å². The topological polar surface area (TPSA) is 52.0 Å². The number of fused-ring (bicyclic) bond motifs is 3. The van der Waals surface area contributed by atoms with E-state index in [9.17, 15) is 0 Å². The van der Waals surface area contributed by atoms with Gasteiger partial charge in [0.05, 0.1) is 11.0 Å². The molecule has 1 aliphatic rings. The molecule has 1 unspecified atom stereocenters. The highest BCUT2D eigenvalue weighted by atomic mass is 16.5. The van der Waals surface area contributed by atoms with Crippen molar-refractivity contribution >= 4 is 33.3 Å². The van der Waals surface area contributed by atoms with Crippen molar-refractivity contribution in [1.82, 2.24) is 14.5 Å². The number of ether oxygens (including phenoxy) is 1. The van der Waals surface area contributed by atoms with E-state index in [4.69, 9.17) is 9.72 Å². The number of anilines is 2. The first-order valence-electron chi connectivity index (χ1n) is 14.0. The van der Waals surface area contributed by atoms with Crippen LogP contribution in [-0.2, 0) is 0 Å². The van der Waals surface area contributed by atoms with Crippen LogP contribution in [0.4, 0.5) is 11.5 Å². The minimum Gasteiger partial charge on any atom is -0.457 e. The first kappa shape index (κ1) is 24.9. The van der Waals surface area contributed by atoms with Crippen molar-refractivity contribution in [3.63, 3.8) is 0 Å². The fraction of sp³-hybridized carbons (Fsp3) is 0.111. The maximum Gasteiger partial charge on any atom is 0.137 e. The maximum atomic E-state index is 6.42. The Morgan fingerprint density at radius 2 is 1.59 bits per heavy atom. The first-order valence-corrected chi connectivity index (χ1v) is 14.0. The molecule has 0 fully saturated rings. The summed E-state index contributed by atoms with van der Waals surface area (Å²) in [6.45, 7) is 4.48. The number of para-hydroxylation sites is 1. The second kappa shape index (κ2) is 10.4. The molecule has 5 heteroatoms. The van der Waals surface area contributed by atoms with E-state index in [1.54, 1.807) is 0 Å². The van der Waals surface area contributed by atoms with Gasteiger partial charge in [0.1, 0.15) is 23.1 Å². The van der Waals surface area contributed by atoms with Crippen molar-refractivity contribution in [2.24, 2.45) is 5.92 Å². The molecule has 3 aromatic carbocycles. The second-order valence-electron chi connectivity index (χ2n) is 10.6. The van der Waals surface area contributed by atoms with Gasteiger partial charge in [-0.2, -0.15) is 0 Å². The van der Waals surface area contributed by atoms with Crippen molar-refractivity contribution in [1.29, 1.82) is 0 Å². The fourth-order valence-corrected chi connectivity index (χ4v) is 5.76. The van der Waals surface area contributed by atoms with Crippen LogP contribution in [0.2, 0.25) is 0 Å². The van der Waals surface area contributed by atoms with Crippen LogP contribution in [0.3, 0.4) is 0 Å². The van der Waals surface area contributed by atoms with Gasteiger partial charge >= 0.3 is 0 Å². The normalized spacial score (nSPS) is 14.6. The molecule has 3 heterocycles. The summed E-state index contributed by atoms with van der Waals surface area (Å²) >= 11 is 0. The van der Waals surface area contributed by atoms with Gasteiger partial charge in [0.2, 0.25) is 0 Å². The van der Waals surface area contributed by atoms with Gasteiger partial charge in [0.15, 0.2) is 0 Å². The predicted molar refractivity (Wildman–Crippen MR) is 167 cm³/mol. The maximum absolute atomic E-state index is 6.42. The Kier molecular flexibility index (Phi) is 6.32. The summed E-state index contributed by atoms with van der Waals surface area (Å²) in [5.74, 6) is 3.93. The monoisotopic (exact) mass is 534 g/mol. The number of pyridine rings is 2. The molecule has 0 spiro atoms. The summed E-state index contributed by atoms with van der Waals surface area (Å²) in [6.07, 6.45) is 10.3. The summed E-state index contributed by atoms with van der Waals surface area (Å²) in [7, 11) is 0. The summed E-state index contributed by atoms with van der Waals surface area (Å²) < 4.78 is 8.61. The molecule has 200 valence electrons. The number of nitrogens with one attached hydrogen (secondary N) is 1. The van der Waals surface area contributed by atoms with Gasteiger partial charge in [-0.15, -0.1) is 0 Å². The van der Waals surface area contributed by atoms with Crippen molar-refractivity contribution in [3.05, 3.63) is 139 Å². The molecular weight excluding hydrogens is 504 g/mol. The minimum absolute atomic E-state index is 0.225. The molecule has 0 bridgehead atoms. The lowest BCUT2D eigenvalue weighted by atomic mass is 9.87. The van der Waals surface area contributed by atoms with Gasteiger partial charge in [0, 0.05) is 52.5 Å². The molecule has 5 nitrogen and oxygen atoms in total. The lowest BCUT2D eigenvalue weighted by Gasteiger charge is -2.20. The molecule has 1 aliphatic carbocycles. The molecule has 0 amide bonds. The van der Waals surface area contributed by atoms with E-state index in [1.165, 1.54) is 16.5 Å². The van der Waals surface area contributed by atoms with E-state index in [1.807, 2.05) is 67.0 Å². The molecular formula is C36H30N4O. The standard InChI is InChI=1S/C36H30N4O/c1-24(2)28-13-8-14-29(28)32-15-9-21-38-36(32)39-25-10-7-11-26(22-25)41-27-18-19-31-30-12-3-4-16-33(30)40(34(31)23-27)35-17-5-6-20-37-35/h3-24,29H,1-2H3,(H,38,39). The Hall–Kier alpha value is -5.16. The quantitative estimate of drug-likeness (QED) is 0.222. The summed E-state index contributed by atoms with van der Waals surface area (Å²) in [5, 5.41) is 5.89. The number of rotatable bonds is 7. The molecule has 0 saturated heterocycles. The van der Waals surface area contributed by atoms with E-state index in [-0.39, 0.29) is 5.92 Å². The van der Waals surface area contributed by atoms with Crippen LogP contribution >= 0.6 is 0 Å². The molecule has 3 aromatic heterocycles. The Labute approximate surface area is 239 Å². The van der Waals surface area contributed by atoms with Crippen molar-refractivity contribution < 1.29 is 4.74 Å². The average molecular weight is 535 g/mol. The van der Waals surface area contributed by atoms with Crippen LogP contribution in [0.25, 0.3) is 27.6 Å². The van der Waals surface area contributed by atoms with Crippen LogP contribution in [0.15, 0.2) is 133 Å². The molecule has 7 rings (SSSR count). The Morgan fingerprint density at radius 1 is 0.756 bits per heavy atom. The Balaban J connectivity index is 1.21. The SMILES string of the molecule is CC(C)C1=CC=CC1c1cccnc1Nc1cccc(Oc2ccc3c4ccccc4n(-c4ccccn4)c3c2)c1. The van der Waals surface area contributed by atoms with Gasteiger partial charge in [-0.3, -0.25) is 4.57 Å². The first-order chi connectivity index (χ1) is 20.2. The summed E-state index contributed by atoms with van der Waals surface area (Å²) in [6, 6.07) is 32.8. The molecule has 1 atom stereocenters. The van der Waals surface area contributed by atoms with Crippen LogP contribution in [0.1, 0.15) is 25.3 Å². The minimum atomic E-state index is 0.225. The van der Waals surface area contributed by atoms with E-state index in [0.29, 0.717) is 5.92 Å². The van der Waals surface area contributed by atoms with E-state index >= 15 is 0 Å². The summed E-state index contributed by atoms with van der Waals surface area (Å²) in [4.78, 5) is 9.33. The number of aromatic nitrogens is 3. The largest absolute Gasteiger partial charge is 0.457 e. The molecule has 41 heavy (non-hydrogen) atoms. The highest BCUT2D eigenvalue weighted by molar-refractivity contribution is 6.09. The number of hydrogen-bond donors (Lipinski definition) is 1. The Bertz CT molecular complexity index is 1930. The number of allylic oxidation sites excluding steroid dienone is 4. The van der Waals surface area contributed by atoms with E-state index < -0.39 is 0 Å². The van der Waals surface area contributed by atoms with Gasteiger partial charge in [0.25, 0.3) is 0 Å². The van der Waals surface area contributed by atoms with Gasteiger partial charge < -0.3 is 10.1 Å². The number of hydrogen-bond acceptors (Lipinski definition) is 4. The third-order valence-corrected chi connectivity index (χ3v) is 7.65. The summed E-state index contributed by atoms with van der Waals surface area (Å²) in [5.41, 5.74) is 5.65. The smallest absolute Gasteiger partial charge is 0.137 e. The lowest BCUT2D eigenvalue weighted by molar-refractivity contribution is 0.483. The highest BCUT2D eigenvalue weighted by Crippen LogP contribution is 2.39. The lowest BCUT2D eigenvalue weighted by Crippen LogP contribution is -2.07. The molecule has 0 radical (unpaired) electrons. The Morgan fingerprint density at radius 3 is 2.46 bits per heavy atom. The van der Waals surface area contributed by atoms with Crippen LogP contribution in [-0.4, -0.2) is 14.5 Å². The van der Waals surface area contributed by atoms with E-state index in [2.05, 4.69) is 89.4 Å². The van der Waals surface area contributed by atoms with Crippen LogP contribution in [0, 0.1) is 5.92 Å². The van der Waals surface area contributed by atoms with Crippen molar-refractivity contribution in [2.45, 2.75) is 19.8 Å². The zero-order valence-electron chi connectivity index (χ0n) is 23.0. The third-order valence-electron chi connectivity index (χ3n) is 7.65. The second-order valence-corrected chi connectivity index (χ2v) is 10.6. The number of benzene rings is 3. The predicted octanol–water partition coefficient (Wildman–Crippen LogP) is 9.35. The third kappa shape index (κ3) is 4.66. The molecule has 6 aromatic rings. The molecule has 0 saturated carbocycles. The van der Waals surface area contributed by atoms with Gasteiger partial charge in [-0.05, 0) is 54.4 Å². The molecule has 0 aliphatic heterocycles. The zero-order chi connectivity index (χ0) is 27.8. The van der Waals surface area contributed by atoms with Gasteiger partial charge in [-0.1, -0.05) is 74.0 Å². The zero-order valence-corrected chi connectivity index (χ0v) is 23.0. The van der Waals surface area contributed by atoms with Crippen molar-refractivity contribution in [2.75, 3.05) is 5.32 Å². The highest BCUT2D eigenvalue weighted by Gasteiger charge is 2.22. The average Bonchev–Trinajstić information content (AvgIpc) is 3.61. The van der Waals surface area contributed by atoms with E-state index in [0.717, 1.165) is 45.2 Å². The van der Waals surface area contributed by atoms with Crippen LogP contribution in [0.5, 0.6) is 11.5 Å². The fourth-order valence-electron chi connectivity index (χ4n) is 5.76. The van der Waals surface area contributed by atoms with Crippen LogP contribution < -0.4 is 10.1 Å². The van der Waals surface area contributed by atoms with Gasteiger partial charge in [-0.25, -0.2) is 9.97 Å².